The number of amides is 2. The minimum absolute atomic E-state index is 0.164. The second-order valence-electron chi connectivity index (χ2n) is 4.97. The number of hydrogen-bond donors (Lipinski definition) is 3. The van der Waals surface area contributed by atoms with Gasteiger partial charge in [0.05, 0.1) is 5.92 Å². The van der Waals surface area contributed by atoms with E-state index in [0.717, 1.165) is 32.1 Å². The maximum Gasteiger partial charge on any atom is 0.315 e. The molecule has 3 N–H and O–H groups in total. The molecule has 5 heteroatoms. The van der Waals surface area contributed by atoms with Gasteiger partial charge < -0.3 is 15.7 Å². The number of rotatable bonds is 5. The zero-order valence-electron chi connectivity index (χ0n) is 11.2. The highest BCUT2D eigenvalue weighted by Crippen LogP contribution is 2.24. The molecule has 0 saturated heterocycles. The number of carboxylic acids is 1. The van der Waals surface area contributed by atoms with Crippen LogP contribution in [0.25, 0.3) is 0 Å². The van der Waals surface area contributed by atoms with Crippen LogP contribution in [0.4, 0.5) is 4.79 Å². The van der Waals surface area contributed by atoms with Crippen molar-refractivity contribution in [3.05, 3.63) is 0 Å². The van der Waals surface area contributed by atoms with Crippen molar-refractivity contribution in [2.75, 3.05) is 0 Å². The molecular formula is C13H24N2O3. The average molecular weight is 256 g/mol. The first-order valence-electron chi connectivity index (χ1n) is 6.88. The van der Waals surface area contributed by atoms with Gasteiger partial charge in [-0.1, -0.05) is 26.7 Å². The SMILES string of the molecule is CCC(CC)NC(=O)NC1CCCCC1C(=O)O. The fourth-order valence-electron chi connectivity index (χ4n) is 2.49. The van der Waals surface area contributed by atoms with Gasteiger partial charge in [-0.05, 0) is 25.7 Å². The normalized spacial score (nSPS) is 23.7. The number of aliphatic carboxylic acids is 1. The zero-order valence-corrected chi connectivity index (χ0v) is 11.2. The predicted molar refractivity (Wildman–Crippen MR) is 69.4 cm³/mol. The van der Waals surface area contributed by atoms with Crippen molar-refractivity contribution in [1.82, 2.24) is 10.6 Å². The maximum atomic E-state index is 11.8. The van der Waals surface area contributed by atoms with Gasteiger partial charge in [0.2, 0.25) is 0 Å². The lowest BCUT2D eigenvalue weighted by atomic mass is 9.84. The molecule has 0 aromatic carbocycles. The lowest BCUT2D eigenvalue weighted by Gasteiger charge is -2.29. The first kappa shape index (κ1) is 14.8. The molecule has 1 saturated carbocycles. The third-order valence-corrected chi connectivity index (χ3v) is 3.72. The molecule has 0 spiro atoms. The van der Waals surface area contributed by atoms with Crippen LogP contribution >= 0.6 is 0 Å². The van der Waals surface area contributed by atoms with Crippen molar-refractivity contribution in [2.45, 2.75) is 64.5 Å². The molecule has 1 aliphatic rings. The van der Waals surface area contributed by atoms with E-state index in [-0.39, 0.29) is 18.1 Å². The van der Waals surface area contributed by atoms with Gasteiger partial charge in [-0.2, -0.15) is 0 Å². The molecule has 0 aliphatic heterocycles. The topological polar surface area (TPSA) is 78.4 Å². The van der Waals surface area contributed by atoms with Crippen LogP contribution < -0.4 is 10.6 Å². The third-order valence-electron chi connectivity index (χ3n) is 3.72. The highest BCUT2D eigenvalue weighted by atomic mass is 16.4. The molecule has 2 unspecified atom stereocenters. The molecule has 0 aromatic heterocycles. The molecule has 18 heavy (non-hydrogen) atoms. The van der Waals surface area contributed by atoms with Crippen molar-refractivity contribution >= 4 is 12.0 Å². The molecule has 0 aromatic rings. The van der Waals surface area contributed by atoms with Gasteiger partial charge in [-0.3, -0.25) is 4.79 Å². The standard InChI is InChI=1S/C13H24N2O3/c1-3-9(4-2)14-13(18)15-11-8-6-5-7-10(11)12(16)17/h9-11H,3-8H2,1-2H3,(H,16,17)(H2,14,15,18). The van der Waals surface area contributed by atoms with E-state index >= 15 is 0 Å². The zero-order chi connectivity index (χ0) is 13.5. The summed E-state index contributed by atoms with van der Waals surface area (Å²) in [5.74, 6) is -1.24. The summed E-state index contributed by atoms with van der Waals surface area (Å²) in [7, 11) is 0. The Morgan fingerprint density at radius 3 is 2.39 bits per heavy atom. The average Bonchev–Trinajstić information content (AvgIpc) is 2.36. The van der Waals surface area contributed by atoms with E-state index < -0.39 is 11.9 Å². The van der Waals surface area contributed by atoms with Gasteiger partial charge >= 0.3 is 12.0 Å². The Kier molecular flexibility index (Phi) is 5.95. The monoisotopic (exact) mass is 256 g/mol. The smallest absolute Gasteiger partial charge is 0.315 e. The fraction of sp³-hybridized carbons (Fsp3) is 0.846. The molecule has 0 radical (unpaired) electrons. The van der Waals surface area contributed by atoms with Crippen LogP contribution in [-0.2, 0) is 4.79 Å². The van der Waals surface area contributed by atoms with Crippen LogP contribution in [0.3, 0.4) is 0 Å². The first-order chi connectivity index (χ1) is 8.58. The first-order valence-corrected chi connectivity index (χ1v) is 6.88. The summed E-state index contributed by atoms with van der Waals surface area (Å²) in [6, 6.07) is -0.302. The summed E-state index contributed by atoms with van der Waals surface area (Å²) in [6.45, 7) is 4.05. The maximum absolute atomic E-state index is 11.8. The van der Waals surface area contributed by atoms with Crippen LogP contribution in [0.2, 0.25) is 0 Å². The van der Waals surface area contributed by atoms with Gasteiger partial charge in [0, 0.05) is 12.1 Å². The minimum atomic E-state index is -0.803. The molecule has 104 valence electrons. The van der Waals surface area contributed by atoms with Crippen LogP contribution in [0.5, 0.6) is 0 Å². The summed E-state index contributed by atoms with van der Waals surface area (Å²) in [6.07, 6.45) is 5.11. The van der Waals surface area contributed by atoms with Gasteiger partial charge in [0.25, 0.3) is 0 Å². The predicted octanol–water partition coefficient (Wildman–Crippen LogP) is 2.12. The van der Waals surface area contributed by atoms with Crippen LogP contribution in [0.1, 0.15) is 52.4 Å². The summed E-state index contributed by atoms with van der Waals surface area (Å²) in [5, 5.41) is 14.8. The molecule has 1 rings (SSSR count). The van der Waals surface area contributed by atoms with E-state index in [9.17, 15) is 9.59 Å². The number of urea groups is 1. The Morgan fingerprint density at radius 1 is 1.22 bits per heavy atom. The molecule has 0 heterocycles. The molecule has 5 nitrogen and oxygen atoms in total. The van der Waals surface area contributed by atoms with Crippen molar-refractivity contribution in [3.63, 3.8) is 0 Å². The molecule has 1 aliphatic carbocycles. The molecule has 0 bridgehead atoms. The Hall–Kier alpha value is -1.26. The van der Waals surface area contributed by atoms with Crippen molar-refractivity contribution < 1.29 is 14.7 Å². The Bertz CT molecular complexity index is 290. The minimum Gasteiger partial charge on any atom is -0.481 e. The largest absolute Gasteiger partial charge is 0.481 e. The lowest BCUT2D eigenvalue weighted by Crippen LogP contribution is -2.50. The summed E-state index contributed by atoms with van der Waals surface area (Å²) < 4.78 is 0. The highest BCUT2D eigenvalue weighted by Gasteiger charge is 2.31. The Morgan fingerprint density at radius 2 is 1.83 bits per heavy atom. The number of nitrogens with one attached hydrogen (secondary N) is 2. The van der Waals surface area contributed by atoms with E-state index in [2.05, 4.69) is 10.6 Å². The lowest BCUT2D eigenvalue weighted by molar-refractivity contribution is -0.143. The number of carbonyl (C=O) groups excluding carboxylic acids is 1. The third kappa shape index (κ3) is 4.20. The second kappa shape index (κ2) is 7.24. The Balaban J connectivity index is 2.48. The van der Waals surface area contributed by atoms with E-state index in [1.54, 1.807) is 0 Å². The van der Waals surface area contributed by atoms with Crippen LogP contribution in [-0.4, -0.2) is 29.2 Å². The van der Waals surface area contributed by atoms with Gasteiger partial charge in [-0.25, -0.2) is 4.79 Å². The van der Waals surface area contributed by atoms with Gasteiger partial charge in [-0.15, -0.1) is 0 Å². The van der Waals surface area contributed by atoms with Gasteiger partial charge in [0.1, 0.15) is 0 Å². The van der Waals surface area contributed by atoms with Crippen LogP contribution in [0.15, 0.2) is 0 Å². The number of carbonyl (C=O) groups is 2. The molecule has 2 atom stereocenters. The van der Waals surface area contributed by atoms with E-state index in [1.165, 1.54) is 0 Å². The van der Waals surface area contributed by atoms with Gasteiger partial charge in [0.15, 0.2) is 0 Å². The van der Waals surface area contributed by atoms with E-state index in [4.69, 9.17) is 5.11 Å². The molecular weight excluding hydrogens is 232 g/mol. The van der Waals surface area contributed by atoms with E-state index in [0.29, 0.717) is 6.42 Å². The fourth-order valence-corrected chi connectivity index (χ4v) is 2.49. The van der Waals surface area contributed by atoms with Crippen LogP contribution in [0, 0.1) is 5.92 Å². The van der Waals surface area contributed by atoms with Crippen molar-refractivity contribution in [2.24, 2.45) is 5.92 Å². The molecule has 1 fully saturated rings. The molecule has 2 amide bonds. The number of hydrogen-bond acceptors (Lipinski definition) is 2. The van der Waals surface area contributed by atoms with Crippen molar-refractivity contribution in [3.8, 4) is 0 Å². The van der Waals surface area contributed by atoms with Crippen molar-refractivity contribution in [1.29, 1.82) is 0 Å². The summed E-state index contributed by atoms with van der Waals surface area (Å²) in [5.41, 5.74) is 0. The highest BCUT2D eigenvalue weighted by molar-refractivity contribution is 5.77. The Labute approximate surface area is 108 Å². The summed E-state index contributed by atoms with van der Waals surface area (Å²) >= 11 is 0. The van der Waals surface area contributed by atoms with E-state index in [1.807, 2.05) is 13.8 Å². The second-order valence-corrected chi connectivity index (χ2v) is 4.97. The quantitative estimate of drug-likeness (QED) is 0.705. The summed E-state index contributed by atoms with van der Waals surface area (Å²) in [4.78, 5) is 22.9. The number of carboxylic acid groups (broad SMARTS) is 1.